The molecule has 5 nitrogen and oxygen atoms in total. The highest BCUT2D eigenvalue weighted by atomic mass is 32.1. The fourth-order valence-electron chi connectivity index (χ4n) is 2.02. The van der Waals surface area contributed by atoms with Gasteiger partial charge in [-0.1, -0.05) is 0 Å². The summed E-state index contributed by atoms with van der Waals surface area (Å²) in [4.78, 5) is 14.7. The quantitative estimate of drug-likeness (QED) is 0.855. The van der Waals surface area contributed by atoms with Crippen LogP contribution in [0.1, 0.15) is 41.4 Å². The SMILES string of the molecule is CCNc1cc(NCc2cnc(C)s2)nc(C2CC2)n1. The van der Waals surface area contributed by atoms with Crippen LogP contribution in [0.4, 0.5) is 11.6 Å². The van der Waals surface area contributed by atoms with Crippen LogP contribution < -0.4 is 10.6 Å². The molecule has 0 bridgehead atoms. The van der Waals surface area contributed by atoms with Gasteiger partial charge in [0.1, 0.15) is 17.5 Å². The van der Waals surface area contributed by atoms with E-state index >= 15 is 0 Å². The number of rotatable bonds is 6. The summed E-state index contributed by atoms with van der Waals surface area (Å²) in [6, 6.07) is 1.98. The van der Waals surface area contributed by atoms with Crippen LogP contribution in [0.3, 0.4) is 0 Å². The first-order valence-corrected chi connectivity index (χ1v) is 7.84. The smallest absolute Gasteiger partial charge is 0.136 e. The van der Waals surface area contributed by atoms with Crippen molar-refractivity contribution in [3.8, 4) is 0 Å². The normalized spacial score (nSPS) is 14.3. The highest BCUT2D eigenvalue weighted by Gasteiger charge is 2.27. The summed E-state index contributed by atoms with van der Waals surface area (Å²) in [5.41, 5.74) is 0. The molecule has 0 unspecified atom stereocenters. The molecular weight excluding hydrogens is 270 g/mol. The van der Waals surface area contributed by atoms with Crippen molar-refractivity contribution in [1.29, 1.82) is 0 Å². The highest BCUT2D eigenvalue weighted by molar-refractivity contribution is 7.11. The van der Waals surface area contributed by atoms with Crippen LogP contribution in [-0.2, 0) is 6.54 Å². The second-order valence-corrected chi connectivity index (χ2v) is 6.32. The van der Waals surface area contributed by atoms with Crippen molar-refractivity contribution in [1.82, 2.24) is 15.0 Å². The van der Waals surface area contributed by atoms with Crippen LogP contribution in [0.25, 0.3) is 0 Å². The second kappa shape index (κ2) is 5.75. The first-order chi connectivity index (χ1) is 9.74. The maximum absolute atomic E-state index is 4.62. The number of nitrogens with zero attached hydrogens (tertiary/aromatic N) is 3. The minimum Gasteiger partial charge on any atom is -0.370 e. The van der Waals surface area contributed by atoms with E-state index < -0.39 is 0 Å². The van der Waals surface area contributed by atoms with Crippen LogP contribution in [0.15, 0.2) is 12.3 Å². The average molecular weight is 289 g/mol. The van der Waals surface area contributed by atoms with Crippen molar-refractivity contribution >= 4 is 23.0 Å². The lowest BCUT2D eigenvalue weighted by atomic mass is 10.3. The van der Waals surface area contributed by atoms with E-state index in [-0.39, 0.29) is 0 Å². The maximum atomic E-state index is 4.62. The predicted molar refractivity (Wildman–Crippen MR) is 82.3 cm³/mol. The Balaban J connectivity index is 1.73. The molecule has 0 amide bonds. The zero-order valence-corrected chi connectivity index (χ0v) is 12.6. The third kappa shape index (κ3) is 3.25. The monoisotopic (exact) mass is 289 g/mol. The average Bonchev–Trinajstić information content (AvgIpc) is 3.20. The zero-order valence-electron chi connectivity index (χ0n) is 11.8. The van der Waals surface area contributed by atoms with Crippen LogP contribution in [0.2, 0.25) is 0 Å². The largest absolute Gasteiger partial charge is 0.370 e. The van der Waals surface area contributed by atoms with Crippen molar-refractivity contribution < 1.29 is 0 Å². The van der Waals surface area contributed by atoms with Gasteiger partial charge >= 0.3 is 0 Å². The summed E-state index contributed by atoms with van der Waals surface area (Å²) in [7, 11) is 0. The summed E-state index contributed by atoms with van der Waals surface area (Å²) in [6.45, 7) is 5.73. The van der Waals surface area contributed by atoms with Gasteiger partial charge in [-0.05, 0) is 26.7 Å². The lowest BCUT2D eigenvalue weighted by Gasteiger charge is -2.09. The van der Waals surface area contributed by atoms with Crippen LogP contribution in [0, 0.1) is 6.92 Å². The Labute approximate surface area is 122 Å². The molecule has 1 aliphatic carbocycles. The van der Waals surface area contributed by atoms with E-state index in [4.69, 9.17) is 0 Å². The Morgan fingerprint density at radius 3 is 2.60 bits per heavy atom. The predicted octanol–water partition coefficient (Wildman–Crippen LogP) is 3.16. The molecule has 2 N–H and O–H groups in total. The first-order valence-electron chi connectivity index (χ1n) is 7.02. The molecular formula is C14H19N5S. The molecule has 2 aromatic rings. The number of anilines is 2. The van der Waals surface area contributed by atoms with E-state index in [1.165, 1.54) is 17.7 Å². The minimum atomic E-state index is 0.555. The van der Waals surface area contributed by atoms with E-state index in [0.29, 0.717) is 5.92 Å². The van der Waals surface area contributed by atoms with Crippen molar-refractivity contribution in [2.75, 3.05) is 17.2 Å². The van der Waals surface area contributed by atoms with Gasteiger partial charge in [-0.2, -0.15) is 0 Å². The van der Waals surface area contributed by atoms with Gasteiger partial charge < -0.3 is 10.6 Å². The molecule has 106 valence electrons. The van der Waals surface area contributed by atoms with Gasteiger partial charge in [0.15, 0.2) is 0 Å². The Hall–Kier alpha value is -1.69. The topological polar surface area (TPSA) is 62.7 Å². The van der Waals surface area contributed by atoms with E-state index in [2.05, 4.69) is 32.5 Å². The summed E-state index contributed by atoms with van der Waals surface area (Å²) in [6.07, 6.45) is 4.34. The van der Waals surface area contributed by atoms with Gasteiger partial charge in [-0.3, -0.25) is 0 Å². The van der Waals surface area contributed by atoms with Gasteiger partial charge in [0, 0.05) is 29.6 Å². The lowest BCUT2D eigenvalue weighted by molar-refractivity contribution is 0.919. The van der Waals surface area contributed by atoms with E-state index in [9.17, 15) is 0 Å². The number of nitrogens with one attached hydrogen (secondary N) is 2. The van der Waals surface area contributed by atoms with E-state index in [1.54, 1.807) is 11.3 Å². The number of aromatic nitrogens is 3. The molecule has 3 rings (SSSR count). The second-order valence-electron chi connectivity index (χ2n) is 5.00. The summed E-state index contributed by atoms with van der Waals surface area (Å²) < 4.78 is 0. The number of aryl methyl sites for hydroxylation is 1. The highest BCUT2D eigenvalue weighted by Crippen LogP contribution is 2.38. The van der Waals surface area contributed by atoms with Gasteiger partial charge in [0.25, 0.3) is 0 Å². The molecule has 2 aromatic heterocycles. The van der Waals surface area contributed by atoms with Gasteiger partial charge in [0.05, 0.1) is 11.6 Å². The molecule has 6 heteroatoms. The van der Waals surface area contributed by atoms with Crippen LogP contribution >= 0.6 is 11.3 Å². The molecule has 0 atom stereocenters. The van der Waals surface area contributed by atoms with Crippen molar-refractivity contribution in [3.63, 3.8) is 0 Å². The molecule has 1 fully saturated rings. The van der Waals surface area contributed by atoms with E-state index in [0.717, 1.165) is 35.6 Å². The summed E-state index contributed by atoms with van der Waals surface area (Å²) in [5.74, 6) is 3.32. The third-order valence-electron chi connectivity index (χ3n) is 3.16. The third-order valence-corrected chi connectivity index (χ3v) is 4.07. The fourth-order valence-corrected chi connectivity index (χ4v) is 2.75. The van der Waals surface area contributed by atoms with Gasteiger partial charge in [-0.25, -0.2) is 15.0 Å². The zero-order chi connectivity index (χ0) is 13.9. The molecule has 2 heterocycles. The fraction of sp³-hybridized carbons (Fsp3) is 0.500. The molecule has 0 aliphatic heterocycles. The Kier molecular flexibility index (Phi) is 3.82. The minimum absolute atomic E-state index is 0.555. The van der Waals surface area contributed by atoms with Crippen LogP contribution in [-0.4, -0.2) is 21.5 Å². The lowest BCUT2D eigenvalue weighted by Crippen LogP contribution is -2.07. The summed E-state index contributed by atoms with van der Waals surface area (Å²) >= 11 is 1.71. The Bertz CT molecular complexity index is 591. The Morgan fingerprint density at radius 2 is 2.00 bits per heavy atom. The molecule has 0 aromatic carbocycles. The number of hydrogen-bond acceptors (Lipinski definition) is 6. The Morgan fingerprint density at radius 1 is 1.25 bits per heavy atom. The van der Waals surface area contributed by atoms with Crippen molar-refractivity contribution in [2.24, 2.45) is 0 Å². The standard InChI is InChI=1S/C14H19N5S/c1-3-15-12-6-13(19-14(18-12)10-4-5-10)17-8-11-7-16-9(2)20-11/h6-7,10H,3-5,8H2,1-2H3,(H2,15,17,18,19). The van der Waals surface area contributed by atoms with E-state index in [1.807, 2.05) is 19.2 Å². The molecule has 0 radical (unpaired) electrons. The van der Waals surface area contributed by atoms with Gasteiger partial charge in [0.2, 0.25) is 0 Å². The molecule has 0 saturated heterocycles. The molecule has 20 heavy (non-hydrogen) atoms. The number of hydrogen-bond donors (Lipinski definition) is 2. The number of thiazole rings is 1. The summed E-state index contributed by atoms with van der Waals surface area (Å²) in [5, 5.41) is 7.74. The first kappa shape index (κ1) is 13.3. The van der Waals surface area contributed by atoms with Crippen molar-refractivity contribution in [2.45, 2.75) is 39.2 Å². The van der Waals surface area contributed by atoms with Gasteiger partial charge in [-0.15, -0.1) is 11.3 Å². The maximum Gasteiger partial charge on any atom is 0.136 e. The van der Waals surface area contributed by atoms with Crippen LogP contribution in [0.5, 0.6) is 0 Å². The molecule has 1 saturated carbocycles. The van der Waals surface area contributed by atoms with Crippen molar-refractivity contribution in [3.05, 3.63) is 28.0 Å². The molecule has 0 spiro atoms. The molecule has 1 aliphatic rings.